The van der Waals surface area contributed by atoms with Gasteiger partial charge in [0.05, 0.1) is 17.1 Å². The molecule has 0 atom stereocenters. The second kappa shape index (κ2) is 8.62. The largest absolute Gasteiger partial charge is 0.385 e. The molecule has 1 fully saturated rings. The van der Waals surface area contributed by atoms with Crippen LogP contribution in [0.3, 0.4) is 0 Å². The standard InChI is InChI=1S/C20H24N6O2S/c1-14-17(12-25(24-14)9-3-11-28-2)22-19-23-18(13-29-19)15-4-6-16(7-5-15)26-10-8-21-20(26)27/h4-7,12-13H,3,8-11H2,1-2H3,(H,21,27)(H,22,23). The van der Waals surface area contributed by atoms with E-state index in [9.17, 15) is 4.79 Å². The number of nitrogens with one attached hydrogen (secondary N) is 2. The first-order valence-electron chi connectivity index (χ1n) is 9.55. The molecule has 152 valence electrons. The molecule has 1 aromatic carbocycles. The fourth-order valence-corrected chi connectivity index (χ4v) is 3.97. The van der Waals surface area contributed by atoms with Crippen LogP contribution in [0.15, 0.2) is 35.8 Å². The van der Waals surface area contributed by atoms with Crippen molar-refractivity contribution in [1.29, 1.82) is 0 Å². The molecule has 3 heterocycles. The molecule has 2 N–H and O–H groups in total. The molecule has 0 bridgehead atoms. The monoisotopic (exact) mass is 412 g/mol. The Balaban J connectivity index is 1.43. The number of thiazole rings is 1. The maximum atomic E-state index is 11.8. The lowest BCUT2D eigenvalue weighted by Crippen LogP contribution is -2.27. The Kier molecular flexibility index (Phi) is 5.77. The molecule has 0 spiro atoms. The first-order chi connectivity index (χ1) is 14.1. The van der Waals surface area contributed by atoms with Gasteiger partial charge in [-0.1, -0.05) is 12.1 Å². The summed E-state index contributed by atoms with van der Waals surface area (Å²) in [5.74, 6) is 0. The van der Waals surface area contributed by atoms with Crippen LogP contribution in [0, 0.1) is 6.92 Å². The minimum atomic E-state index is -0.0453. The van der Waals surface area contributed by atoms with E-state index < -0.39 is 0 Å². The zero-order chi connectivity index (χ0) is 20.2. The van der Waals surface area contributed by atoms with Gasteiger partial charge in [-0.25, -0.2) is 9.78 Å². The predicted octanol–water partition coefficient (Wildman–Crippen LogP) is 3.62. The zero-order valence-corrected chi connectivity index (χ0v) is 17.3. The lowest BCUT2D eigenvalue weighted by atomic mass is 10.1. The molecule has 9 heteroatoms. The second-order valence-electron chi connectivity index (χ2n) is 6.83. The number of carbonyl (C=O) groups is 1. The van der Waals surface area contributed by atoms with Crippen LogP contribution in [0.4, 0.5) is 21.3 Å². The van der Waals surface area contributed by atoms with Crippen LogP contribution in [0.5, 0.6) is 0 Å². The van der Waals surface area contributed by atoms with E-state index in [1.807, 2.05) is 47.4 Å². The Morgan fingerprint density at radius 1 is 1.31 bits per heavy atom. The lowest BCUT2D eigenvalue weighted by Gasteiger charge is -2.14. The molecule has 1 aliphatic heterocycles. The van der Waals surface area contributed by atoms with Gasteiger partial charge in [0, 0.05) is 56.2 Å². The molecule has 2 amide bonds. The van der Waals surface area contributed by atoms with Crippen LogP contribution in [0.25, 0.3) is 11.3 Å². The molecule has 0 aliphatic carbocycles. The molecule has 3 aromatic rings. The molecular weight excluding hydrogens is 388 g/mol. The number of aromatic nitrogens is 3. The van der Waals surface area contributed by atoms with Gasteiger partial charge in [-0.3, -0.25) is 9.58 Å². The molecule has 0 radical (unpaired) electrons. The van der Waals surface area contributed by atoms with Gasteiger partial charge < -0.3 is 15.4 Å². The highest BCUT2D eigenvalue weighted by Crippen LogP contribution is 2.29. The summed E-state index contributed by atoms with van der Waals surface area (Å²) in [6, 6.07) is 7.87. The van der Waals surface area contributed by atoms with Crippen molar-refractivity contribution in [2.24, 2.45) is 0 Å². The number of methoxy groups -OCH3 is 1. The fraction of sp³-hybridized carbons (Fsp3) is 0.350. The quantitative estimate of drug-likeness (QED) is 0.552. The van der Waals surface area contributed by atoms with Crippen molar-refractivity contribution in [2.45, 2.75) is 19.9 Å². The molecule has 4 rings (SSSR count). The van der Waals surface area contributed by atoms with Gasteiger partial charge in [0.2, 0.25) is 0 Å². The van der Waals surface area contributed by atoms with Crippen LogP contribution in [-0.2, 0) is 11.3 Å². The zero-order valence-electron chi connectivity index (χ0n) is 16.5. The molecule has 29 heavy (non-hydrogen) atoms. The number of urea groups is 1. The van der Waals surface area contributed by atoms with Crippen molar-refractivity contribution in [3.63, 3.8) is 0 Å². The summed E-state index contributed by atoms with van der Waals surface area (Å²) in [4.78, 5) is 18.2. The first kappa shape index (κ1) is 19.4. The van der Waals surface area contributed by atoms with Crippen molar-refractivity contribution in [1.82, 2.24) is 20.1 Å². The van der Waals surface area contributed by atoms with Crippen LogP contribution < -0.4 is 15.5 Å². The average Bonchev–Trinajstić information content (AvgIpc) is 3.44. The van der Waals surface area contributed by atoms with Crippen molar-refractivity contribution in [2.75, 3.05) is 37.0 Å². The van der Waals surface area contributed by atoms with E-state index in [4.69, 9.17) is 9.72 Å². The number of ether oxygens (including phenoxy) is 1. The highest BCUT2D eigenvalue weighted by molar-refractivity contribution is 7.14. The molecular formula is C20H24N6O2S. The minimum Gasteiger partial charge on any atom is -0.385 e. The van der Waals surface area contributed by atoms with Crippen LogP contribution >= 0.6 is 11.3 Å². The number of benzene rings is 1. The number of aryl methyl sites for hydroxylation is 2. The number of hydrogen-bond donors (Lipinski definition) is 2. The Labute approximate surface area is 173 Å². The molecule has 0 unspecified atom stereocenters. The van der Waals surface area contributed by atoms with Gasteiger partial charge in [0.25, 0.3) is 0 Å². The molecule has 8 nitrogen and oxygen atoms in total. The molecule has 0 saturated carbocycles. The summed E-state index contributed by atoms with van der Waals surface area (Å²) in [5.41, 5.74) is 4.71. The third kappa shape index (κ3) is 4.41. The Morgan fingerprint density at radius 2 is 2.14 bits per heavy atom. The smallest absolute Gasteiger partial charge is 0.321 e. The van der Waals surface area contributed by atoms with E-state index in [0.717, 1.165) is 53.0 Å². The SMILES string of the molecule is COCCCn1cc(Nc2nc(-c3ccc(N4CCNC4=O)cc3)cs2)c(C)n1. The van der Waals surface area contributed by atoms with Crippen LogP contribution in [0.1, 0.15) is 12.1 Å². The second-order valence-corrected chi connectivity index (χ2v) is 7.69. The van der Waals surface area contributed by atoms with Crippen molar-refractivity contribution < 1.29 is 9.53 Å². The van der Waals surface area contributed by atoms with E-state index >= 15 is 0 Å². The van der Waals surface area contributed by atoms with E-state index in [0.29, 0.717) is 13.1 Å². The van der Waals surface area contributed by atoms with Crippen LogP contribution in [-0.4, -0.2) is 47.6 Å². The topological polar surface area (TPSA) is 84.3 Å². The van der Waals surface area contributed by atoms with Crippen molar-refractivity contribution >= 4 is 33.9 Å². The van der Waals surface area contributed by atoms with Gasteiger partial charge in [0.1, 0.15) is 0 Å². The molecule has 1 saturated heterocycles. The number of nitrogens with zero attached hydrogens (tertiary/aromatic N) is 4. The van der Waals surface area contributed by atoms with E-state index in [1.54, 1.807) is 23.3 Å². The summed E-state index contributed by atoms with van der Waals surface area (Å²) in [5, 5.41) is 13.6. The Morgan fingerprint density at radius 3 is 2.86 bits per heavy atom. The number of carbonyl (C=O) groups excluding carboxylic acids is 1. The highest BCUT2D eigenvalue weighted by Gasteiger charge is 2.21. The minimum absolute atomic E-state index is 0.0453. The van der Waals surface area contributed by atoms with Crippen molar-refractivity contribution in [3.8, 4) is 11.3 Å². The van der Waals surface area contributed by atoms with Gasteiger partial charge >= 0.3 is 6.03 Å². The maximum absolute atomic E-state index is 11.8. The van der Waals surface area contributed by atoms with E-state index in [1.165, 1.54) is 0 Å². The maximum Gasteiger partial charge on any atom is 0.321 e. The van der Waals surface area contributed by atoms with Gasteiger partial charge in [-0.2, -0.15) is 5.10 Å². The number of hydrogen-bond acceptors (Lipinski definition) is 6. The normalized spacial score (nSPS) is 13.7. The third-order valence-corrected chi connectivity index (χ3v) is 5.52. The number of rotatable bonds is 8. The third-order valence-electron chi connectivity index (χ3n) is 4.76. The van der Waals surface area contributed by atoms with E-state index in [-0.39, 0.29) is 6.03 Å². The van der Waals surface area contributed by atoms with Crippen molar-refractivity contribution in [3.05, 3.63) is 41.5 Å². The van der Waals surface area contributed by atoms with E-state index in [2.05, 4.69) is 15.7 Å². The van der Waals surface area contributed by atoms with Gasteiger partial charge in [0.15, 0.2) is 5.13 Å². The number of anilines is 3. The average molecular weight is 413 g/mol. The van der Waals surface area contributed by atoms with Crippen LogP contribution in [0.2, 0.25) is 0 Å². The number of amides is 2. The summed E-state index contributed by atoms with van der Waals surface area (Å²) in [6.07, 6.45) is 2.93. The van der Waals surface area contributed by atoms with Gasteiger partial charge in [-0.15, -0.1) is 11.3 Å². The molecule has 2 aromatic heterocycles. The fourth-order valence-electron chi connectivity index (χ4n) is 3.24. The summed E-state index contributed by atoms with van der Waals surface area (Å²) < 4.78 is 7.02. The Bertz CT molecular complexity index is 981. The first-order valence-corrected chi connectivity index (χ1v) is 10.4. The molecule has 1 aliphatic rings. The van der Waals surface area contributed by atoms with Gasteiger partial charge in [-0.05, 0) is 25.5 Å². The summed E-state index contributed by atoms with van der Waals surface area (Å²) >= 11 is 1.55. The predicted molar refractivity (Wildman–Crippen MR) is 115 cm³/mol. The Hall–Kier alpha value is -2.91. The highest BCUT2D eigenvalue weighted by atomic mass is 32.1. The summed E-state index contributed by atoms with van der Waals surface area (Å²) in [6.45, 7) is 4.90. The lowest BCUT2D eigenvalue weighted by molar-refractivity contribution is 0.189. The summed E-state index contributed by atoms with van der Waals surface area (Å²) in [7, 11) is 1.71.